The van der Waals surface area contributed by atoms with Crippen LogP contribution in [0.5, 0.6) is 0 Å². The van der Waals surface area contributed by atoms with E-state index in [0.717, 1.165) is 0 Å². The van der Waals surface area contributed by atoms with E-state index in [9.17, 15) is 10.1 Å². The Morgan fingerprint density at radius 3 is 3.00 bits per heavy atom. The van der Waals surface area contributed by atoms with Crippen molar-refractivity contribution in [2.24, 2.45) is 0 Å². The number of nitriles is 1. The van der Waals surface area contributed by atoms with Gasteiger partial charge in [0.2, 0.25) is 0 Å². The van der Waals surface area contributed by atoms with Gasteiger partial charge in [-0.3, -0.25) is 9.78 Å². The lowest BCUT2D eigenvalue weighted by atomic mass is 9.93. The number of hydrogen-bond donors (Lipinski definition) is 0. The maximum Gasteiger partial charge on any atom is 0.188 e. The second-order valence-corrected chi connectivity index (χ2v) is 3.82. The highest BCUT2D eigenvalue weighted by molar-refractivity contribution is 6.03. The third kappa shape index (κ3) is 2.16. The number of nitrogens with zero attached hydrogens (tertiary/aromatic N) is 2. The minimum Gasteiger partial charge on any atom is -0.469 e. The molecular formula is C14H12N2O2. The van der Waals surface area contributed by atoms with E-state index in [-0.39, 0.29) is 5.78 Å². The SMILES string of the molecule is CCc1occc1C(=O)C(C#N)c1cccnc1. The first-order chi connectivity index (χ1) is 8.77. The Labute approximate surface area is 105 Å². The molecule has 0 bridgehead atoms. The number of Topliss-reactive ketones (excluding diaryl/α,β-unsaturated/α-hetero) is 1. The van der Waals surface area contributed by atoms with Gasteiger partial charge < -0.3 is 4.42 Å². The van der Waals surface area contributed by atoms with Crippen LogP contribution in [0.15, 0.2) is 41.3 Å². The molecule has 0 amide bonds. The van der Waals surface area contributed by atoms with Gasteiger partial charge in [-0.25, -0.2) is 0 Å². The Kier molecular flexibility index (Phi) is 3.54. The van der Waals surface area contributed by atoms with Gasteiger partial charge in [0, 0.05) is 18.8 Å². The van der Waals surface area contributed by atoms with Crippen LogP contribution in [0.4, 0.5) is 0 Å². The van der Waals surface area contributed by atoms with Gasteiger partial charge in [-0.2, -0.15) is 5.26 Å². The lowest BCUT2D eigenvalue weighted by molar-refractivity contribution is 0.0977. The van der Waals surface area contributed by atoms with Gasteiger partial charge in [-0.05, 0) is 17.7 Å². The van der Waals surface area contributed by atoms with Crippen LogP contribution < -0.4 is 0 Å². The molecule has 1 atom stereocenters. The van der Waals surface area contributed by atoms with Crippen LogP contribution in [0.2, 0.25) is 0 Å². The first kappa shape index (κ1) is 12.1. The summed E-state index contributed by atoms with van der Waals surface area (Å²) in [5.74, 6) is -0.457. The largest absolute Gasteiger partial charge is 0.469 e. The molecule has 2 aromatic rings. The molecule has 0 aliphatic rings. The summed E-state index contributed by atoms with van der Waals surface area (Å²) in [5.41, 5.74) is 1.08. The number of aryl methyl sites for hydroxylation is 1. The normalized spacial score (nSPS) is 11.8. The predicted molar refractivity (Wildman–Crippen MR) is 65.0 cm³/mol. The van der Waals surface area contributed by atoms with Crippen LogP contribution in [-0.2, 0) is 6.42 Å². The monoisotopic (exact) mass is 240 g/mol. The Hall–Kier alpha value is -2.41. The summed E-state index contributed by atoms with van der Waals surface area (Å²) in [5, 5.41) is 9.18. The molecule has 0 spiro atoms. The smallest absolute Gasteiger partial charge is 0.188 e. The Morgan fingerprint density at radius 1 is 1.56 bits per heavy atom. The summed E-state index contributed by atoms with van der Waals surface area (Å²) < 4.78 is 5.22. The van der Waals surface area contributed by atoms with Gasteiger partial charge in [-0.15, -0.1) is 0 Å². The highest BCUT2D eigenvalue weighted by atomic mass is 16.3. The minimum atomic E-state index is -0.832. The molecule has 0 aliphatic carbocycles. The third-order valence-electron chi connectivity index (χ3n) is 2.74. The highest BCUT2D eigenvalue weighted by Crippen LogP contribution is 2.22. The van der Waals surface area contributed by atoms with Crippen molar-refractivity contribution in [2.45, 2.75) is 19.3 Å². The van der Waals surface area contributed by atoms with Crippen LogP contribution >= 0.6 is 0 Å². The number of ketones is 1. The fourth-order valence-corrected chi connectivity index (χ4v) is 1.82. The zero-order valence-electron chi connectivity index (χ0n) is 9.96. The van der Waals surface area contributed by atoms with Gasteiger partial charge in [0.25, 0.3) is 0 Å². The molecule has 0 aliphatic heterocycles. The number of pyridine rings is 1. The summed E-state index contributed by atoms with van der Waals surface area (Å²) in [7, 11) is 0. The van der Waals surface area contributed by atoms with Crippen molar-refractivity contribution in [3.63, 3.8) is 0 Å². The average molecular weight is 240 g/mol. The van der Waals surface area contributed by atoms with Gasteiger partial charge in [0.1, 0.15) is 11.7 Å². The van der Waals surface area contributed by atoms with E-state index in [2.05, 4.69) is 4.98 Å². The molecule has 18 heavy (non-hydrogen) atoms. The van der Waals surface area contributed by atoms with Gasteiger partial charge in [0.15, 0.2) is 5.78 Å². The van der Waals surface area contributed by atoms with E-state index >= 15 is 0 Å². The topological polar surface area (TPSA) is 66.9 Å². The molecule has 0 saturated carbocycles. The minimum absolute atomic E-state index is 0.240. The van der Waals surface area contributed by atoms with Crippen LogP contribution in [0.3, 0.4) is 0 Å². The maximum atomic E-state index is 12.3. The predicted octanol–water partition coefficient (Wildman–Crippen LogP) is 2.73. The van der Waals surface area contributed by atoms with Gasteiger partial charge in [-0.1, -0.05) is 13.0 Å². The van der Waals surface area contributed by atoms with E-state index in [1.165, 1.54) is 12.5 Å². The maximum absolute atomic E-state index is 12.3. The van der Waals surface area contributed by atoms with E-state index in [1.807, 2.05) is 13.0 Å². The number of hydrogen-bond acceptors (Lipinski definition) is 4. The fraction of sp³-hybridized carbons (Fsp3) is 0.214. The van der Waals surface area contributed by atoms with E-state index < -0.39 is 5.92 Å². The summed E-state index contributed by atoms with van der Waals surface area (Å²) >= 11 is 0. The molecule has 0 N–H and O–H groups in total. The van der Waals surface area contributed by atoms with Crippen LogP contribution in [-0.4, -0.2) is 10.8 Å². The molecule has 0 aromatic carbocycles. The third-order valence-corrected chi connectivity index (χ3v) is 2.74. The average Bonchev–Trinajstić information content (AvgIpc) is 2.89. The molecule has 2 rings (SSSR count). The number of carbonyl (C=O) groups is 1. The number of furan rings is 1. The number of carbonyl (C=O) groups excluding carboxylic acids is 1. The molecule has 2 aromatic heterocycles. The number of aromatic nitrogens is 1. The summed E-state index contributed by atoms with van der Waals surface area (Å²) in [6.45, 7) is 1.90. The summed E-state index contributed by atoms with van der Waals surface area (Å²) in [6, 6.07) is 7.08. The Bertz CT molecular complexity index is 581. The number of rotatable bonds is 4. The van der Waals surface area contributed by atoms with Crippen molar-refractivity contribution in [1.29, 1.82) is 5.26 Å². The lowest BCUT2D eigenvalue weighted by Gasteiger charge is -2.07. The van der Waals surface area contributed by atoms with Crippen molar-refractivity contribution < 1.29 is 9.21 Å². The lowest BCUT2D eigenvalue weighted by Crippen LogP contribution is -2.12. The summed E-state index contributed by atoms with van der Waals surface area (Å²) in [4.78, 5) is 16.2. The van der Waals surface area contributed by atoms with Crippen LogP contribution in [0.1, 0.15) is 34.5 Å². The van der Waals surface area contributed by atoms with E-state index in [4.69, 9.17) is 4.42 Å². The zero-order chi connectivity index (χ0) is 13.0. The molecule has 90 valence electrons. The van der Waals surface area contributed by atoms with Crippen molar-refractivity contribution in [3.8, 4) is 6.07 Å². The Balaban J connectivity index is 2.36. The molecule has 4 heteroatoms. The second-order valence-electron chi connectivity index (χ2n) is 3.82. The molecule has 0 saturated heterocycles. The quantitative estimate of drug-likeness (QED) is 0.770. The van der Waals surface area contributed by atoms with Crippen molar-refractivity contribution in [3.05, 3.63) is 53.7 Å². The first-order valence-corrected chi connectivity index (χ1v) is 5.68. The van der Waals surface area contributed by atoms with Gasteiger partial charge >= 0.3 is 0 Å². The molecular weight excluding hydrogens is 228 g/mol. The fourth-order valence-electron chi connectivity index (χ4n) is 1.82. The molecule has 0 fully saturated rings. The highest BCUT2D eigenvalue weighted by Gasteiger charge is 2.25. The van der Waals surface area contributed by atoms with Crippen molar-refractivity contribution >= 4 is 5.78 Å². The molecule has 0 radical (unpaired) electrons. The molecule has 1 unspecified atom stereocenters. The van der Waals surface area contributed by atoms with E-state index in [1.54, 1.807) is 24.4 Å². The Morgan fingerprint density at radius 2 is 2.39 bits per heavy atom. The molecule has 2 heterocycles. The first-order valence-electron chi connectivity index (χ1n) is 5.68. The van der Waals surface area contributed by atoms with Crippen LogP contribution in [0.25, 0.3) is 0 Å². The van der Waals surface area contributed by atoms with Crippen molar-refractivity contribution in [2.75, 3.05) is 0 Å². The zero-order valence-corrected chi connectivity index (χ0v) is 9.96. The second kappa shape index (κ2) is 5.28. The molecule has 4 nitrogen and oxygen atoms in total. The van der Waals surface area contributed by atoms with Gasteiger partial charge in [0.05, 0.1) is 17.9 Å². The standard InChI is InChI=1S/C14H12N2O2/c1-2-13-11(5-7-18-13)14(17)12(8-15)10-4-3-6-16-9-10/h3-7,9,12H,2H2,1H3. The summed E-state index contributed by atoms with van der Waals surface area (Å²) in [6.07, 6.45) is 5.25. The van der Waals surface area contributed by atoms with Crippen molar-refractivity contribution in [1.82, 2.24) is 4.98 Å². The van der Waals surface area contributed by atoms with E-state index in [0.29, 0.717) is 23.3 Å². The van der Waals surface area contributed by atoms with Crippen LogP contribution in [0, 0.1) is 11.3 Å².